The Morgan fingerprint density at radius 1 is 1.36 bits per heavy atom. The Morgan fingerprint density at radius 3 is 2.86 bits per heavy atom. The second-order valence-corrected chi connectivity index (χ2v) is 3.88. The van der Waals surface area contributed by atoms with E-state index in [2.05, 4.69) is 24.6 Å². The van der Waals surface area contributed by atoms with E-state index in [9.17, 15) is 0 Å². The van der Waals surface area contributed by atoms with E-state index in [1.165, 1.54) is 36.8 Å². The molecule has 76 valence electrons. The van der Waals surface area contributed by atoms with E-state index >= 15 is 0 Å². The lowest BCUT2D eigenvalue weighted by Gasteiger charge is -2.01. The molecule has 14 heavy (non-hydrogen) atoms. The molecule has 0 saturated carbocycles. The molecular formula is C13H19N. The first-order valence-electron chi connectivity index (χ1n) is 5.32. The van der Waals surface area contributed by atoms with Crippen molar-refractivity contribution < 1.29 is 0 Å². The molecule has 0 aliphatic rings. The summed E-state index contributed by atoms with van der Waals surface area (Å²) in [5, 5.41) is 0. The van der Waals surface area contributed by atoms with Gasteiger partial charge in [0.25, 0.3) is 0 Å². The van der Waals surface area contributed by atoms with Gasteiger partial charge in [-0.2, -0.15) is 0 Å². The normalized spacial score (nSPS) is 10.1. The van der Waals surface area contributed by atoms with Crippen molar-refractivity contribution in [3.05, 3.63) is 42.2 Å². The van der Waals surface area contributed by atoms with Crippen LogP contribution in [0.1, 0.15) is 38.2 Å². The van der Waals surface area contributed by atoms with Crippen molar-refractivity contribution in [3.63, 3.8) is 0 Å². The Hall–Kier alpha value is -1.11. The van der Waals surface area contributed by atoms with Crippen LogP contribution >= 0.6 is 0 Å². The maximum Gasteiger partial charge on any atom is 0.0299 e. The SMILES string of the molecule is C=C(C)CCCCCc1cccnc1. The molecular weight excluding hydrogens is 170 g/mol. The lowest BCUT2D eigenvalue weighted by atomic mass is 10.1. The van der Waals surface area contributed by atoms with Crippen LogP contribution in [0.15, 0.2) is 36.7 Å². The fourth-order valence-electron chi connectivity index (χ4n) is 1.48. The van der Waals surface area contributed by atoms with E-state index in [-0.39, 0.29) is 0 Å². The number of rotatable bonds is 6. The van der Waals surface area contributed by atoms with Gasteiger partial charge in [0, 0.05) is 12.4 Å². The largest absolute Gasteiger partial charge is 0.264 e. The average Bonchev–Trinajstić information content (AvgIpc) is 2.18. The first-order valence-corrected chi connectivity index (χ1v) is 5.32. The number of pyridine rings is 1. The van der Waals surface area contributed by atoms with Crippen molar-refractivity contribution in [2.24, 2.45) is 0 Å². The van der Waals surface area contributed by atoms with Gasteiger partial charge in [-0.25, -0.2) is 0 Å². The fourth-order valence-corrected chi connectivity index (χ4v) is 1.48. The topological polar surface area (TPSA) is 12.9 Å². The highest BCUT2D eigenvalue weighted by atomic mass is 14.6. The van der Waals surface area contributed by atoms with Gasteiger partial charge < -0.3 is 0 Å². The maximum absolute atomic E-state index is 4.10. The molecule has 0 fully saturated rings. The van der Waals surface area contributed by atoms with Crippen molar-refractivity contribution in [1.82, 2.24) is 4.98 Å². The van der Waals surface area contributed by atoms with Gasteiger partial charge in [-0.1, -0.05) is 18.1 Å². The van der Waals surface area contributed by atoms with Gasteiger partial charge in [-0.15, -0.1) is 6.58 Å². The van der Waals surface area contributed by atoms with Crippen LogP contribution < -0.4 is 0 Å². The smallest absolute Gasteiger partial charge is 0.0299 e. The van der Waals surface area contributed by atoms with Crippen LogP contribution in [0.4, 0.5) is 0 Å². The quantitative estimate of drug-likeness (QED) is 0.490. The summed E-state index contributed by atoms with van der Waals surface area (Å²) in [5.41, 5.74) is 2.65. The van der Waals surface area contributed by atoms with E-state index < -0.39 is 0 Å². The molecule has 1 rings (SSSR count). The summed E-state index contributed by atoms with van der Waals surface area (Å²) in [6.07, 6.45) is 9.94. The summed E-state index contributed by atoms with van der Waals surface area (Å²) in [5.74, 6) is 0. The van der Waals surface area contributed by atoms with E-state index in [4.69, 9.17) is 0 Å². The predicted octanol–water partition coefficient (Wildman–Crippen LogP) is 3.76. The minimum atomic E-state index is 1.16. The number of hydrogen-bond acceptors (Lipinski definition) is 1. The van der Waals surface area contributed by atoms with Gasteiger partial charge in [0.15, 0.2) is 0 Å². The molecule has 0 radical (unpaired) electrons. The van der Waals surface area contributed by atoms with Gasteiger partial charge in [0.05, 0.1) is 0 Å². The number of allylic oxidation sites excluding steroid dienone is 1. The highest BCUT2D eigenvalue weighted by molar-refractivity contribution is 5.08. The number of nitrogens with zero attached hydrogens (tertiary/aromatic N) is 1. The molecule has 0 aliphatic carbocycles. The molecule has 0 spiro atoms. The molecule has 1 heteroatoms. The third-order valence-corrected chi connectivity index (χ3v) is 2.29. The summed E-state index contributed by atoms with van der Waals surface area (Å²) in [6, 6.07) is 4.15. The summed E-state index contributed by atoms with van der Waals surface area (Å²) in [7, 11) is 0. The third-order valence-electron chi connectivity index (χ3n) is 2.29. The Morgan fingerprint density at radius 2 is 2.21 bits per heavy atom. The number of unbranched alkanes of at least 4 members (excludes halogenated alkanes) is 2. The zero-order valence-corrected chi connectivity index (χ0v) is 9.00. The van der Waals surface area contributed by atoms with Crippen LogP contribution in [-0.4, -0.2) is 4.98 Å². The van der Waals surface area contributed by atoms with Gasteiger partial charge in [0.2, 0.25) is 0 Å². The molecule has 0 unspecified atom stereocenters. The standard InChI is InChI=1S/C13H19N/c1-12(2)7-4-3-5-8-13-9-6-10-14-11-13/h6,9-11H,1,3-5,7-8H2,2H3. The minimum Gasteiger partial charge on any atom is -0.264 e. The van der Waals surface area contributed by atoms with Gasteiger partial charge in [0.1, 0.15) is 0 Å². The van der Waals surface area contributed by atoms with Gasteiger partial charge >= 0.3 is 0 Å². The number of hydrogen-bond donors (Lipinski definition) is 0. The Kier molecular flexibility index (Phi) is 4.98. The second kappa shape index (κ2) is 6.36. The molecule has 0 aromatic carbocycles. The molecule has 0 amide bonds. The van der Waals surface area contributed by atoms with Crippen LogP contribution in [0.25, 0.3) is 0 Å². The van der Waals surface area contributed by atoms with Crippen LogP contribution in [-0.2, 0) is 6.42 Å². The minimum absolute atomic E-state index is 1.16. The van der Waals surface area contributed by atoms with Crippen molar-refractivity contribution >= 4 is 0 Å². The number of aryl methyl sites for hydroxylation is 1. The third kappa shape index (κ3) is 4.80. The Balaban J connectivity index is 2.08. The average molecular weight is 189 g/mol. The summed E-state index contributed by atoms with van der Waals surface area (Å²) >= 11 is 0. The van der Waals surface area contributed by atoms with Crippen LogP contribution in [0.3, 0.4) is 0 Å². The van der Waals surface area contributed by atoms with Crippen LogP contribution in [0.5, 0.6) is 0 Å². The van der Waals surface area contributed by atoms with Crippen molar-refractivity contribution in [2.45, 2.75) is 39.0 Å². The second-order valence-electron chi connectivity index (χ2n) is 3.88. The van der Waals surface area contributed by atoms with E-state index in [0.29, 0.717) is 0 Å². The maximum atomic E-state index is 4.10. The summed E-state index contributed by atoms with van der Waals surface area (Å²) in [4.78, 5) is 4.10. The molecule has 0 aliphatic heterocycles. The van der Waals surface area contributed by atoms with Gasteiger partial charge in [-0.3, -0.25) is 4.98 Å². The van der Waals surface area contributed by atoms with Crippen LogP contribution in [0.2, 0.25) is 0 Å². The predicted molar refractivity (Wildman–Crippen MR) is 61.2 cm³/mol. The fraction of sp³-hybridized carbons (Fsp3) is 0.462. The molecule has 0 atom stereocenters. The summed E-state index contributed by atoms with van der Waals surface area (Å²) < 4.78 is 0. The van der Waals surface area contributed by atoms with Crippen molar-refractivity contribution in [3.8, 4) is 0 Å². The molecule has 1 heterocycles. The van der Waals surface area contributed by atoms with Crippen LogP contribution in [0, 0.1) is 0 Å². The van der Waals surface area contributed by atoms with E-state index in [1.807, 2.05) is 18.5 Å². The zero-order valence-electron chi connectivity index (χ0n) is 9.00. The lowest BCUT2D eigenvalue weighted by Crippen LogP contribution is -1.86. The van der Waals surface area contributed by atoms with E-state index in [0.717, 1.165) is 6.42 Å². The molecule has 0 bridgehead atoms. The molecule has 1 aromatic heterocycles. The van der Waals surface area contributed by atoms with E-state index in [1.54, 1.807) is 0 Å². The Bertz CT molecular complexity index is 264. The molecule has 1 nitrogen and oxygen atoms in total. The molecule has 1 aromatic rings. The first-order chi connectivity index (χ1) is 6.79. The highest BCUT2D eigenvalue weighted by Gasteiger charge is 1.93. The number of aromatic nitrogens is 1. The lowest BCUT2D eigenvalue weighted by molar-refractivity contribution is 0.675. The zero-order chi connectivity index (χ0) is 10.2. The highest BCUT2D eigenvalue weighted by Crippen LogP contribution is 2.09. The molecule has 0 N–H and O–H groups in total. The summed E-state index contributed by atoms with van der Waals surface area (Å²) in [6.45, 7) is 6.00. The van der Waals surface area contributed by atoms with Gasteiger partial charge in [-0.05, 0) is 44.2 Å². The Labute approximate surface area is 86.9 Å². The van der Waals surface area contributed by atoms with Crippen molar-refractivity contribution in [2.75, 3.05) is 0 Å². The van der Waals surface area contributed by atoms with Crippen molar-refractivity contribution in [1.29, 1.82) is 0 Å². The monoisotopic (exact) mass is 189 g/mol. The first kappa shape index (κ1) is 11.0. The molecule has 0 saturated heterocycles.